The topological polar surface area (TPSA) is 93.5 Å². The Hall–Kier alpha value is -2.87. The lowest BCUT2D eigenvalue weighted by molar-refractivity contribution is -0.384. The molecule has 2 N–H and O–H groups in total. The third-order valence-electron chi connectivity index (χ3n) is 3.35. The van der Waals surface area contributed by atoms with Gasteiger partial charge < -0.3 is 15.4 Å². The van der Waals surface area contributed by atoms with Gasteiger partial charge in [0.25, 0.3) is 5.69 Å². The Morgan fingerprint density at radius 3 is 2.64 bits per heavy atom. The number of hydrogen-bond donors (Lipinski definition) is 2. The molecule has 0 aliphatic carbocycles. The zero-order valence-electron chi connectivity index (χ0n) is 13.4. The van der Waals surface area contributed by atoms with Crippen molar-refractivity contribution in [3.8, 4) is 5.75 Å². The molecule has 7 nitrogen and oxygen atoms in total. The molecule has 25 heavy (non-hydrogen) atoms. The van der Waals surface area contributed by atoms with Crippen LogP contribution in [-0.4, -0.2) is 24.0 Å². The van der Waals surface area contributed by atoms with Gasteiger partial charge in [0.15, 0.2) is 0 Å². The first-order valence-electron chi connectivity index (χ1n) is 7.16. The van der Waals surface area contributed by atoms with Gasteiger partial charge in [-0.15, -0.1) is 0 Å². The van der Waals surface area contributed by atoms with Crippen LogP contribution in [0.5, 0.6) is 5.75 Å². The van der Waals surface area contributed by atoms with Gasteiger partial charge in [0.2, 0.25) is 5.91 Å². The minimum absolute atomic E-state index is 0.0605. The van der Waals surface area contributed by atoms with Gasteiger partial charge in [0.05, 0.1) is 28.8 Å². The molecule has 0 heterocycles. The molecule has 0 saturated heterocycles. The molecule has 2 aromatic carbocycles. The van der Waals surface area contributed by atoms with E-state index in [9.17, 15) is 19.3 Å². The van der Waals surface area contributed by atoms with Crippen molar-refractivity contribution in [2.45, 2.75) is 13.0 Å². The molecule has 0 saturated carbocycles. The van der Waals surface area contributed by atoms with Gasteiger partial charge >= 0.3 is 0 Å². The normalized spacial score (nSPS) is 11.5. The molecule has 0 fully saturated rings. The minimum atomic E-state index is -0.679. The zero-order chi connectivity index (χ0) is 18.6. The number of anilines is 2. The first-order valence-corrected chi connectivity index (χ1v) is 7.54. The average Bonchev–Trinajstić information content (AvgIpc) is 2.58. The van der Waals surface area contributed by atoms with Crippen molar-refractivity contribution in [1.29, 1.82) is 0 Å². The molecule has 132 valence electrons. The fourth-order valence-corrected chi connectivity index (χ4v) is 2.22. The monoisotopic (exact) mass is 367 g/mol. The number of nitro groups is 1. The Labute approximate surface area is 147 Å². The number of ether oxygens (including phenoxy) is 1. The smallest absolute Gasteiger partial charge is 0.273 e. The van der Waals surface area contributed by atoms with Crippen molar-refractivity contribution in [3.63, 3.8) is 0 Å². The van der Waals surface area contributed by atoms with Gasteiger partial charge in [0.1, 0.15) is 17.6 Å². The maximum Gasteiger partial charge on any atom is 0.273 e. The standard InChI is InChI=1S/C16H15ClFN3O4/c1-9(19-10-3-5-13(18)12(17)7-10)16(22)20-14-6-4-11(21(23)24)8-15(14)25-2/h3-9,19H,1-2H3,(H,20,22)/t9-/m0/s1. The van der Waals surface area contributed by atoms with Crippen molar-refractivity contribution in [3.05, 3.63) is 57.4 Å². The van der Waals surface area contributed by atoms with Crippen LogP contribution in [0, 0.1) is 15.9 Å². The SMILES string of the molecule is COc1cc([N+](=O)[O-])ccc1NC(=O)[C@H](C)Nc1ccc(F)c(Cl)c1. The summed E-state index contributed by atoms with van der Waals surface area (Å²) in [7, 11) is 1.34. The number of nitrogens with zero attached hydrogens (tertiary/aromatic N) is 1. The number of amides is 1. The molecular formula is C16H15ClFN3O4. The van der Waals surface area contributed by atoms with Gasteiger partial charge in [-0.25, -0.2) is 4.39 Å². The van der Waals surface area contributed by atoms with Crippen molar-refractivity contribution < 1.29 is 18.8 Å². The van der Waals surface area contributed by atoms with E-state index in [1.165, 1.54) is 43.5 Å². The lowest BCUT2D eigenvalue weighted by atomic mass is 10.2. The van der Waals surface area contributed by atoms with Crippen LogP contribution in [0.25, 0.3) is 0 Å². The fraction of sp³-hybridized carbons (Fsp3) is 0.188. The number of nitrogens with one attached hydrogen (secondary N) is 2. The van der Waals surface area contributed by atoms with Gasteiger partial charge in [-0.05, 0) is 31.2 Å². The highest BCUT2D eigenvalue weighted by Crippen LogP contribution is 2.29. The van der Waals surface area contributed by atoms with Gasteiger partial charge in [0, 0.05) is 11.8 Å². The molecule has 0 spiro atoms. The highest BCUT2D eigenvalue weighted by molar-refractivity contribution is 6.31. The number of carbonyl (C=O) groups is 1. The molecule has 0 aliphatic rings. The van der Waals surface area contributed by atoms with E-state index in [1.54, 1.807) is 6.92 Å². The number of carbonyl (C=O) groups excluding carboxylic acids is 1. The molecule has 0 radical (unpaired) electrons. The Morgan fingerprint density at radius 1 is 1.32 bits per heavy atom. The summed E-state index contributed by atoms with van der Waals surface area (Å²) in [4.78, 5) is 22.5. The molecule has 1 atom stereocenters. The van der Waals surface area contributed by atoms with Crippen LogP contribution in [0.3, 0.4) is 0 Å². The van der Waals surface area contributed by atoms with Crippen LogP contribution < -0.4 is 15.4 Å². The average molecular weight is 368 g/mol. The van der Waals surface area contributed by atoms with E-state index in [4.69, 9.17) is 16.3 Å². The second kappa shape index (κ2) is 7.80. The summed E-state index contributed by atoms with van der Waals surface area (Å²) in [5, 5.41) is 16.2. The van der Waals surface area contributed by atoms with Crippen LogP contribution >= 0.6 is 11.6 Å². The Morgan fingerprint density at radius 2 is 2.04 bits per heavy atom. The lowest BCUT2D eigenvalue weighted by Gasteiger charge is -2.17. The van der Waals surface area contributed by atoms with E-state index in [2.05, 4.69) is 10.6 Å². The highest BCUT2D eigenvalue weighted by Gasteiger charge is 2.17. The molecule has 2 aromatic rings. The third-order valence-corrected chi connectivity index (χ3v) is 3.64. The van der Waals surface area contributed by atoms with E-state index in [0.29, 0.717) is 11.4 Å². The first-order chi connectivity index (χ1) is 11.8. The summed E-state index contributed by atoms with van der Waals surface area (Å²) in [6.07, 6.45) is 0. The maximum atomic E-state index is 13.2. The number of nitro benzene ring substituents is 1. The van der Waals surface area contributed by atoms with Gasteiger partial charge in [-0.2, -0.15) is 0 Å². The Balaban J connectivity index is 2.10. The van der Waals surface area contributed by atoms with E-state index in [0.717, 1.165) is 0 Å². The van der Waals surface area contributed by atoms with Crippen LogP contribution in [0.1, 0.15) is 6.92 Å². The predicted octanol–water partition coefficient (Wildman–Crippen LogP) is 3.84. The summed E-state index contributed by atoms with van der Waals surface area (Å²) in [5.74, 6) is -0.799. The molecule has 0 aromatic heterocycles. The molecule has 9 heteroatoms. The van der Waals surface area contributed by atoms with E-state index in [1.807, 2.05) is 0 Å². The number of rotatable bonds is 6. The summed E-state index contributed by atoms with van der Waals surface area (Å²) in [6, 6.07) is 7.19. The Bertz CT molecular complexity index is 816. The highest BCUT2D eigenvalue weighted by atomic mass is 35.5. The van der Waals surface area contributed by atoms with Crippen LogP contribution in [0.4, 0.5) is 21.5 Å². The number of benzene rings is 2. The molecule has 0 bridgehead atoms. The summed E-state index contributed by atoms with van der Waals surface area (Å²) < 4.78 is 18.2. The zero-order valence-corrected chi connectivity index (χ0v) is 14.1. The molecule has 1 amide bonds. The summed E-state index contributed by atoms with van der Waals surface area (Å²) in [5.41, 5.74) is 0.621. The first kappa shape index (κ1) is 18.5. The largest absolute Gasteiger partial charge is 0.494 e. The molecule has 0 aliphatic heterocycles. The predicted molar refractivity (Wildman–Crippen MR) is 92.8 cm³/mol. The van der Waals surface area contributed by atoms with Crippen molar-refractivity contribution in [2.24, 2.45) is 0 Å². The fourth-order valence-electron chi connectivity index (χ4n) is 2.04. The number of halogens is 2. The summed E-state index contributed by atoms with van der Waals surface area (Å²) in [6.45, 7) is 1.60. The third kappa shape index (κ3) is 4.57. The van der Waals surface area contributed by atoms with Crippen LogP contribution in [0.2, 0.25) is 5.02 Å². The number of methoxy groups -OCH3 is 1. The summed E-state index contributed by atoms with van der Waals surface area (Å²) >= 11 is 5.70. The van der Waals surface area contributed by atoms with Crippen molar-refractivity contribution in [1.82, 2.24) is 0 Å². The quantitative estimate of drug-likeness (QED) is 0.597. The minimum Gasteiger partial charge on any atom is -0.494 e. The van der Waals surface area contributed by atoms with Crippen LogP contribution in [0.15, 0.2) is 36.4 Å². The van der Waals surface area contributed by atoms with Crippen LogP contribution in [-0.2, 0) is 4.79 Å². The lowest BCUT2D eigenvalue weighted by Crippen LogP contribution is -2.32. The second-order valence-corrected chi connectivity index (χ2v) is 5.53. The Kier molecular flexibility index (Phi) is 5.76. The molecular weight excluding hydrogens is 353 g/mol. The molecule has 0 unspecified atom stereocenters. The maximum absolute atomic E-state index is 13.2. The second-order valence-electron chi connectivity index (χ2n) is 5.13. The molecule has 2 rings (SSSR count). The number of non-ortho nitro benzene ring substituents is 1. The van der Waals surface area contributed by atoms with Crippen molar-refractivity contribution in [2.75, 3.05) is 17.7 Å². The van der Waals surface area contributed by atoms with E-state index >= 15 is 0 Å². The van der Waals surface area contributed by atoms with E-state index in [-0.39, 0.29) is 16.5 Å². The van der Waals surface area contributed by atoms with E-state index < -0.39 is 22.7 Å². The van der Waals surface area contributed by atoms with Crippen molar-refractivity contribution >= 4 is 34.6 Å². The van der Waals surface area contributed by atoms with Gasteiger partial charge in [-0.1, -0.05) is 11.6 Å². The van der Waals surface area contributed by atoms with Gasteiger partial charge in [-0.3, -0.25) is 14.9 Å². The number of hydrogen-bond acceptors (Lipinski definition) is 5.